The molecule has 230 valence electrons. The third kappa shape index (κ3) is 4.31. The minimum absolute atomic E-state index is 0.568. The Morgan fingerprint density at radius 2 is 1.18 bits per heavy atom. The van der Waals surface area contributed by atoms with Crippen molar-refractivity contribution in [3.05, 3.63) is 174 Å². The number of fused-ring (bicyclic) bond motifs is 6. The molecule has 0 atom stereocenters. The van der Waals surface area contributed by atoms with E-state index in [1.54, 1.807) is 0 Å². The normalized spacial score (nSPS) is 11.1. The van der Waals surface area contributed by atoms with Gasteiger partial charge in [-0.3, -0.25) is 0 Å². The second-order valence-corrected chi connectivity index (χ2v) is 12.3. The van der Waals surface area contributed by atoms with Gasteiger partial charge in [-0.25, -0.2) is 4.85 Å². The highest BCUT2D eigenvalue weighted by atomic mass is 15.0. The van der Waals surface area contributed by atoms with E-state index in [4.69, 9.17) is 6.57 Å². The van der Waals surface area contributed by atoms with Crippen LogP contribution in [0.5, 0.6) is 0 Å². The van der Waals surface area contributed by atoms with Crippen molar-refractivity contribution in [1.29, 1.82) is 10.5 Å². The van der Waals surface area contributed by atoms with Gasteiger partial charge in [-0.05, 0) is 82.9 Å². The van der Waals surface area contributed by atoms with Gasteiger partial charge < -0.3 is 9.13 Å². The number of rotatable bonds is 4. The smallest absolute Gasteiger partial charge is 0.195 e. The fourth-order valence-electron chi connectivity index (χ4n) is 7.42. The Hall–Kier alpha value is -7.39. The Labute approximate surface area is 288 Å². The van der Waals surface area contributed by atoms with Crippen LogP contribution in [0.3, 0.4) is 0 Å². The van der Waals surface area contributed by atoms with E-state index in [9.17, 15) is 10.5 Å². The number of nitrogens with zero attached hydrogens (tertiary/aromatic N) is 5. The summed E-state index contributed by atoms with van der Waals surface area (Å²) in [5.41, 5.74) is 11.7. The molecular weight excluding hydrogens is 611 g/mol. The largest absolute Gasteiger partial charge is 0.309 e. The maximum Gasteiger partial charge on any atom is 0.195 e. The highest BCUT2D eigenvalue weighted by Gasteiger charge is 2.19. The lowest BCUT2D eigenvalue weighted by molar-refractivity contribution is 1.18. The molecular formula is C45H25N5. The molecule has 7 aromatic carbocycles. The van der Waals surface area contributed by atoms with Crippen LogP contribution in [-0.2, 0) is 0 Å². The summed E-state index contributed by atoms with van der Waals surface area (Å²) in [4.78, 5) is 3.95. The van der Waals surface area contributed by atoms with E-state index < -0.39 is 0 Å². The molecule has 0 radical (unpaired) electrons. The van der Waals surface area contributed by atoms with Gasteiger partial charge in [0.15, 0.2) is 5.69 Å². The van der Waals surface area contributed by atoms with E-state index in [0.717, 1.165) is 77.2 Å². The molecule has 0 aliphatic rings. The molecule has 0 fully saturated rings. The summed E-state index contributed by atoms with van der Waals surface area (Å²) < 4.78 is 4.45. The number of hydrogen-bond acceptors (Lipinski definition) is 2. The molecule has 0 aliphatic heterocycles. The van der Waals surface area contributed by atoms with Gasteiger partial charge in [0, 0.05) is 27.2 Å². The lowest BCUT2D eigenvalue weighted by Crippen LogP contribution is -1.97. The Kier molecular flexibility index (Phi) is 6.56. The minimum Gasteiger partial charge on any atom is -0.309 e. The summed E-state index contributed by atoms with van der Waals surface area (Å²) in [6.45, 7) is 8.10. The van der Waals surface area contributed by atoms with Crippen LogP contribution in [0.25, 0.3) is 82.1 Å². The van der Waals surface area contributed by atoms with Crippen LogP contribution < -0.4 is 0 Å². The fraction of sp³-hybridized carbons (Fsp3) is 0. The van der Waals surface area contributed by atoms with Crippen LogP contribution in [0.1, 0.15) is 11.1 Å². The molecule has 5 nitrogen and oxygen atoms in total. The van der Waals surface area contributed by atoms with Gasteiger partial charge in [0.1, 0.15) is 0 Å². The van der Waals surface area contributed by atoms with Crippen molar-refractivity contribution >= 4 is 49.3 Å². The summed E-state index contributed by atoms with van der Waals surface area (Å²) in [5, 5.41) is 23.6. The first-order valence-electron chi connectivity index (χ1n) is 16.3. The molecule has 9 aromatic rings. The first kappa shape index (κ1) is 28.8. The Balaban J connectivity index is 1.19. The van der Waals surface area contributed by atoms with E-state index in [2.05, 4.69) is 98.9 Å². The maximum atomic E-state index is 9.99. The van der Waals surface area contributed by atoms with Crippen molar-refractivity contribution in [3.8, 4) is 45.8 Å². The Morgan fingerprint density at radius 1 is 0.500 bits per heavy atom. The van der Waals surface area contributed by atoms with Gasteiger partial charge >= 0.3 is 0 Å². The Bertz CT molecular complexity index is 2960. The molecule has 9 rings (SSSR count). The molecule has 0 N–H and O–H groups in total. The number of nitriles is 2. The van der Waals surface area contributed by atoms with Gasteiger partial charge in [0.05, 0.1) is 57.6 Å². The average molecular weight is 636 g/mol. The fourth-order valence-corrected chi connectivity index (χ4v) is 7.42. The van der Waals surface area contributed by atoms with E-state index >= 15 is 0 Å². The quantitative estimate of drug-likeness (QED) is 0.181. The summed E-state index contributed by atoms with van der Waals surface area (Å²) >= 11 is 0. The lowest BCUT2D eigenvalue weighted by atomic mass is 9.96. The van der Waals surface area contributed by atoms with Crippen molar-refractivity contribution < 1.29 is 0 Å². The standard InChI is InChI=1S/C45H25N5/c1-48-39-23-20-31(30-18-21-33(22-19-30)49-40-13-5-3-11-35(40)38-25-29(27-46)17-24-43(38)49)26-37(39)34-10-2-6-14-41(34)50-42-15-7-4-12-36(42)45-32(28-47)9-8-16-44(45)50/h2-26H. The molecule has 2 aromatic heterocycles. The topological polar surface area (TPSA) is 61.8 Å². The first-order chi connectivity index (χ1) is 24.7. The zero-order chi connectivity index (χ0) is 33.8. The molecule has 5 heteroatoms. The van der Waals surface area contributed by atoms with Crippen LogP contribution in [0.4, 0.5) is 5.69 Å². The molecule has 0 unspecified atom stereocenters. The molecule has 0 amide bonds. The molecule has 0 aliphatic carbocycles. The van der Waals surface area contributed by atoms with E-state index in [1.807, 2.05) is 78.9 Å². The predicted molar refractivity (Wildman–Crippen MR) is 202 cm³/mol. The highest BCUT2D eigenvalue weighted by Crippen LogP contribution is 2.42. The number of aromatic nitrogens is 2. The third-order valence-corrected chi connectivity index (χ3v) is 9.63. The SMILES string of the molecule is [C-]#[N+]c1ccc(-c2ccc(-n3c4ccccc4c4cc(C#N)ccc43)cc2)cc1-c1ccccc1-n1c2ccccc2c2c(C#N)cccc21. The molecule has 0 bridgehead atoms. The number of hydrogen-bond donors (Lipinski definition) is 0. The van der Waals surface area contributed by atoms with Gasteiger partial charge in [-0.1, -0.05) is 91.0 Å². The average Bonchev–Trinajstić information content (AvgIpc) is 3.70. The number of benzene rings is 7. The van der Waals surface area contributed by atoms with Crippen molar-refractivity contribution in [2.45, 2.75) is 0 Å². The van der Waals surface area contributed by atoms with E-state index in [0.29, 0.717) is 16.8 Å². The first-order valence-corrected chi connectivity index (χ1v) is 16.3. The zero-order valence-corrected chi connectivity index (χ0v) is 26.7. The summed E-state index contributed by atoms with van der Waals surface area (Å²) in [6, 6.07) is 55.5. The van der Waals surface area contributed by atoms with E-state index in [-0.39, 0.29) is 0 Å². The van der Waals surface area contributed by atoms with Gasteiger partial charge in [0.2, 0.25) is 0 Å². The molecule has 50 heavy (non-hydrogen) atoms. The zero-order valence-electron chi connectivity index (χ0n) is 26.7. The predicted octanol–water partition coefficient (Wildman–Crippen LogP) is 11.5. The minimum atomic E-state index is 0.568. The molecule has 2 heterocycles. The van der Waals surface area contributed by atoms with Gasteiger partial charge in [-0.2, -0.15) is 10.5 Å². The molecule has 0 spiro atoms. The summed E-state index contributed by atoms with van der Waals surface area (Å²) in [5.74, 6) is 0. The summed E-state index contributed by atoms with van der Waals surface area (Å²) in [7, 11) is 0. The molecule has 0 saturated heterocycles. The van der Waals surface area contributed by atoms with Crippen molar-refractivity contribution in [2.24, 2.45) is 0 Å². The van der Waals surface area contributed by atoms with Gasteiger partial charge in [0.25, 0.3) is 0 Å². The lowest BCUT2D eigenvalue weighted by Gasteiger charge is -2.16. The van der Waals surface area contributed by atoms with Crippen molar-refractivity contribution in [3.63, 3.8) is 0 Å². The van der Waals surface area contributed by atoms with E-state index in [1.165, 1.54) is 0 Å². The monoisotopic (exact) mass is 635 g/mol. The van der Waals surface area contributed by atoms with Crippen molar-refractivity contribution in [1.82, 2.24) is 9.13 Å². The second-order valence-electron chi connectivity index (χ2n) is 12.3. The van der Waals surface area contributed by atoms with Crippen LogP contribution in [0, 0.1) is 29.2 Å². The summed E-state index contributed by atoms with van der Waals surface area (Å²) in [6.07, 6.45) is 0. The number of para-hydroxylation sites is 3. The van der Waals surface area contributed by atoms with Crippen LogP contribution >= 0.6 is 0 Å². The van der Waals surface area contributed by atoms with Crippen LogP contribution in [0.2, 0.25) is 0 Å². The second kappa shape index (κ2) is 11.4. The third-order valence-electron chi connectivity index (χ3n) is 9.63. The highest BCUT2D eigenvalue weighted by molar-refractivity contribution is 6.12. The maximum absolute atomic E-state index is 9.99. The van der Waals surface area contributed by atoms with Crippen LogP contribution in [-0.4, -0.2) is 9.13 Å². The molecule has 0 saturated carbocycles. The van der Waals surface area contributed by atoms with Crippen LogP contribution in [0.15, 0.2) is 152 Å². The Morgan fingerprint density at radius 3 is 1.96 bits per heavy atom. The van der Waals surface area contributed by atoms with Gasteiger partial charge in [-0.15, -0.1) is 0 Å². The van der Waals surface area contributed by atoms with Crippen molar-refractivity contribution in [2.75, 3.05) is 0 Å².